The van der Waals surface area contributed by atoms with E-state index in [1.165, 1.54) is 7.11 Å². The zero-order valence-corrected chi connectivity index (χ0v) is 17.2. The molecule has 2 amide bonds. The maximum atomic E-state index is 12.7. The van der Waals surface area contributed by atoms with Crippen molar-refractivity contribution in [2.45, 2.75) is 32.4 Å². The summed E-state index contributed by atoms with van der Waals surface area (Å²) < 4.78 is 4.87. The third kappa shape index (κ3) is 4.86. The number of amides is 2. The summed E-state index contributed by atoms with van der Waals surface area (Å²) in [6.45, 7) is 3.46. The van der Waals surface area contributed by atoms with Crippen LogP contribution in [0, 0.1) is 6.92 Å². The standard InChI is InChI=1S/C23H25N3O4/c1-14-7-6-8-16(11-14)22(28)25-15(2)21(27)26-20(23(29)30-3)12-17-13-24-19-10-5-4-9-18(17)19/h4-11,13,15,20,24H,12H2,1-3H3,(H,25,28)(H,26,27). The number of methoxy groups -OCH3 is 1. The fraction of sp³-hybridized carbons (Fsp3) is 0.261. The molecule has 0 fully saturated rings. The summed E-state index contributed by atoms with van der Waals surface area (Å²) in [5.41, 5.74) is 3.25. The Morgan fingerprint density at radius 3 is 2.57 bits per heavy atom. The van der Waals surface area contributed by atoms with Crippen LogP contribution in [-0.2, 0) is 20.7 Å². The van der Waals surface area contributed by atoms with Crippen LogP contribution in [0.2, 0.25) is 0 Å². The number of H-pyrrole nitrogens is 1. The molecule has 0 spiro atoms. The van der Waals surface area contributed by atoms with Gasteiger partial charge in [0, 0.05) is 29.1 Å². The highest BCUT2D eigenvalue weighted by molar-refractivity contribution is 5.98. The highest BCUT2D eigenvalue weighted by atomic mass is 16.5. The van der Waals surface area contributed by atoms with Crippen LogP contribution in [-0.4, -0.2) is 42.0 Å². The number of fused-ring (bicyclic) bond motifs is 1. The zero-order valence-electron chi connectivity index (χ0n) is 17.2. The minimum Gasteiger partial charge on any atom is -0.467 e. The predicted molar refractivity (Wildman–Crippen MR) is 114 cm³/mol. The maximum absolute atomic E-state index is 12.7. The second-order valence-corrected chi connectivity index (χ2v) is 7.21. The summed E-state index contributed by atoms with van der Waals surface area (Å²) in [4.78, 5) is 40.5. The molecule has 2 atom stereocenters. The number of hydrogen-bond donors (Lipinski definition) is 3. The smallest absolute Gasteiger partial charge is 0.328 e. The number of nitrogens with one attached hydrogen (secondary N) is 3. The van der Waals surface area contributed by atoms with Gasteiger partial charge in [-0.05, 0) is 37.6 Å². The Hall–Kier alpha value is -3.61. The molecular weight excluding hydrogens is 382 g/mol. The Bertz CT molecular complexity index is 1070. The lowest BCUT2D eigenvalue weighted by molar-refractivity contribution is -0.145. The Morgan fingerprint density at radius 2 is 1.83 bits per heavy atom. The van der Waals surface area contributed by atoms with Gasteiger partial charge in [0.15, 0.2) is 0 Å². The molecule has 3 rings (SSSR count). The van der Waals surface area contributed by atoms with Crippen molar-refractivity contribution >= 4 is 28.7 Å². The van der Waals surface area contributed by atoms with Crippen LogP contribution in [0.1, 0.15) is 28.4 Å². The number of aromatic nitrogens is 1. The number of rotatable bonds is 7. The van der Waals surface area contributed by atoms with Gasteiger partial charge in [0.1, 0.15) is 12.1 Å². The summed E-state index contributed by atoms with van der Waals surface area (Å²) >= 11 is 0. The normalized spacial score (nSPS) is 12.8. The lowest BCUT2D eigenvalue weighted by Crippen LogP contribution is -2.51. The Morgan fingerprint density at radius 1 is 1.07 bits per heavy atom. The quantitative estimate of drug-likeness (QED) is 0.524. The molecule has 0 aliphatic heterocycles. The highest BCUT2D eigenvalue weighted by Crippen LogP contribution is 2.19. The number of benzene rings is 2. The molecule has 1 heterocycles. The van der Waals surface area contributed by atoms with Crippen molar-refractivity contribution < 1.29 is 19.1 Å². The van der Waals surface area contributed by atoms with Crippen LogP contribution < -0.4 is 10.6 Å². The molecule has 0 bridgehead atoms. The van der Waals surface area contributed by atoms with Gasteiger partial charge >= 0.3 is 5.97 Å². The first-order chi connectivity index (χ1) is 14.4. The third-order valence-electron chi connectivity index (χ3n) is 4.92. The summed E-state index contributed by atoms with van der Waals surface area (Å²) in [6.07, 6.45) is 2.08. The van der Waals surface area contributed by atoms with Crippen LogP contribution in [0.5, 0.6) is 0 Å². The lowest BCUT2D eigenvalue weighted by Gasteiger charge is -2.20. The molecular formula is C23H25N3O4. The average Bonchev–Trinajstić information content (AvgIpc) is 3.15. The van der Waals surface area contributed by atoms with Gasteiger partial charge < -0.3 is 20.4 Å². The number of carbonyl (C=O) groups is 3. The molecule has 0 radical (unpaired) electrons. The van der Waals surface area contributed by atoms with Crippen molar-refractivity contribution in [3.63, 3.8) is 0 Å². The SMILES string of the molecule is COC(=O)C(Cc1c[nH]c2ccccc12)NC(=O)C(C)NC(=O)c1cccc(C)c1. The molecule has 7 heteroatoms. The second-order valence-electron chi connectivity index (χ2n) is 7.21. The first-order valence-corrected chi connectivity index (χ1v) is 9.69. The van der Waals surface area contributed by atoms with Crippen LogP contribution in [0.25, 0.3) is 10.9 Å². The van der Waals surface area contributed by atoms with Crippen molar-refractivity contribution in [2.75, 3.05) is 7.11 Å². The number of aryl methyl sites for hydroxylation is 1. The van der Waals surface area contributed by atoms with Gasteiger partial charge in [-0.3, -0.25) is 9.59 Å². The third-order valence-corrected chi connectivity index (χ3v) is 4.92. The van der Waals surface area contributed by atoms with Crippen molar-refractivity contribution in [3.8, 4) is 0 Å². The van der Waals surface area contributed by atoms with Gasteiger partial charge in [-0.2, -0.15) is 0 Å². The molecule has 1 aromatic heterocycles. The van der Waals surface area contributed by atoms with E-state index in [2.05, 4.69) is 15.6 Å². The van der Waals surface area contributed by atoms with Gasteiger partial charge in [0.2, 0.25) is 5.91 Å². The van der Waals surface area contributed by atoms with E-state index >= 15 is 0 Å². The van der Waals surface area contributed by atoms with E-state index in [1.54, 1.807) is 25.1 Å². The molecule has 2 unspecified atom stereocenters. The van der Waals surface area contributed by atoms with Crippen molar-refractivity contribution in [3.05, 3.63) is 71.4 Å². The number of para-hydroxylation sites is 1. The van der Waals surface area contributed by atoms with Gasteiger partial charge in [-0.1, -0.05) is 35.9 Å². The molecule has 3 N–H and O–H groups in total. The fourth-order valence-corrected chi connectivity index (χ4v) is 3.28. The van der Waals surface area contributed by atoms with E-state index in [9.17, 15) is 14.4 Å². The molecule has 156 valence electrons. The van der Waals surface area contributed by atoms with E-state index in [0.29, 0.717) is 5.56 Å². The van der Waals surface area contributed by atoms with Crippen LogP contribution in [0.3, 0.4) is 0 Å². The molecule has 0 saturated carbocycles. The largest absolute Gasteiger partial charge is 0.467 e. The molecule has 0 saturated heterocycles. The second kappa shape index (κ2) is 9.26. The van der Waals surface area contributed by atoms with Gasteiger partial charge in [-0.15, -0.1) is 0 Å². The van der Waals surface area contributed by atoms with Gasteiger partial charge in [0.05, 0.1) is 7.11 Å². The molecule has 30 heavy (non-hydrogen) atoms. The number of hydrogen-bond acceptors (Lipinski definition) is 4. The number of carbonyl (C=O) groups excluding carboxylic acids is 3. The molecule has 7 nitrogen and oxygen atoms in total. The summed E-state index contributed by atoms with van der Waals surface area (Å²) in [6, 6.07) is 13.1. The van der Waals surface area contributed by atoms with E-state index < -0.39 is 24.0 Å². The van der Waals surface area contributed by atoms with E-state index in [1.807, 2.05) is 43.5 Å². The summed E-state index contributed by atoms with van der Waals surface area (Å²) in [5.74, 6) is -1.37. The molecule has 3 aromatic rings. The van der Waals surface area contributed by atoms with Gasteiger partial charge in [-0.25, -0.2) is 4.79 Å². The maximum Gasteiger partial charge on any atom is 0.328 e. The Balaban J connectivity index is 1.69. The van der Waals surface area contributed by atoms with Crippen molar-refractivity contribution in [1.82, 2.24) is 15.6 Å². The van der Waals surface area contributed by atoms with Crippen LogP contribution in [0.15, 0.2) is 54.7 Å². The zero-order chi connectivity index (χ0) is 21.7. The summed E-state index contributed by atoms with van der Waals surface area (Å²) in [7, 11) is 1.28. The molecule has 0 aliphatic rings. The fourth-order valence-electron chi connectivity index (χ4n) is 3.28. The Labute approximate surface area is 174 Å². The molecule has 0 aliphatic carbocycles. The number of esters is 1. The van der Waals surface area contributed by atoms with E-state index in [-0.39, 0.29) is 12.3 Å². The Kier molecular flexibility index (Phi) is 6.51. The van der Waals surface area contributed by atoms with Crippen LogP contribution >= 0.6 is 0 Å². The predicted octanol–water partition coefficient (Wildman–Crippen LogP) is 2.50. The highest BCUT2D eigenvalue weighted by Gasteiger charge is 2.26. The van der Waals surface area contributed by atoms with E-state index in [0.717, 1.165) is 22.0 Å². The topological polar surface area (TPSA) is 100 Å². The molecule has 2 aromatic carbocycles. The van der Waals surface area contributed by atoms with Crippen LogP contribution in [0.4, 0.5) is 0 Å². The minimum atomic E-state index is -0.875. The summed E-state index contributed by atoms with van der Waals surface area (Å²) in [5, 5.41) is 6.33. The first-order valence-electron chi connectivity index (χ1n) is 9.69. The number of aromatic amines is 1. The minimum absolute atomic E-state index is 0.265. The monoisotopic (exact) mass is 407 g/mol. The lowest BCUT2D eigenvalue weighted by atomic mass is 10.0. The van der Waals surface area contributed by atoms with Crippen molar-refractivity contribution in [2.24, 2.45) is 0 Å². The van der Waals surface area contributed by atoms with E-state index in [4.69, 9.17) is 4.74 Å². The average molecular weight is 407 g/mol. The first kappa shape index (κ1) is 21.1. The number of ether oxygens (including phenoxy) is 1. The van der Waals surface area contributed by atoms with Crippen molar-refractivity contribution in [1.29, 1.82) is 0 Å². The van der Waals surface area contributed by atoms with Gasteiger partial charge in [0.25, 0.3) is 5.91 Å².